The van der Waals surface area contributed by atoms with Crippen molar-refractivity contribution < 1.29 is 49.7 Å². The number of esters is 1. The lowest BCUT2D eigenvalue weighted by molar-refractivity contribution is -0.370. The molecule has 4 aliphatic rings. The summed E-state index contributed by atoms with van der Waals surface area (Å²) in [7, 11) is 0. The molecule has 1 unspecified atom stereocenters. The first-order chi connectivity index (χ1) is 37.8. The molecule has 3 aliphatic carbocycles. The number of aliphatic hydroxyl groups is 6. The van der Waals surface area contributed by atoms with E-state index in [9.17, 15) is 35.1 Å². The van der Waals surface area contributed by atoms with E-state index in [0.717, 1.165) is 34.6 Å². The van der Waals surface area contributed by atoms with Gasteiger partial charge in [-0.1, -0.05) is 56.1 Å². The van der Waals surface area contributed by atoms with Crippen LogP contribution in [-0.2, 0) is 25.5 Å². The van der Waals surface area contributed by atoms with Crippen molar-refractivity contribution in [2.75, 3.05) is 24.2 Å². The number of rotatable bonds is 11. The number of Topliss-reactive ketones (excluding diaryl/α,β-unsaturated/α-hetero) is 1. The second-order valence-electron chi connectivity index (χ2n) is 22.1. The quantitative estimate of drug-likeness (QED) is 0.0397. The molecule has 0 spiro atoms. The zero-order valence-corrected chi connectivity index (χ0v) is 46.9. The van der Waals surface area contributed by atoms with Gasteiger partial charge in [-0.15, -0.1) is 6.58 Å². The number of aromatic amines is 1. The van der Waals surface area contributed by atoms with Gasteiger partial charge < -0.3 is 60.7 Å². The van der Waals surface area contributed by atoms with Crippen LogP contribution in [0.1, 0.15) is 90.3 Å². The second kappa shape index (κ2) is 23.0. The number of nitrogens with two attached hydrogens (primary N) is 1. The molecule has 1 aromatic carbocycles. The molecule has 5 aromatic heterocycles. The lowest BCUT2D eigenvalue weighted by Crippen LogP contribution is -2.86. The Hall–Kier alpha value is -6.71. The minimum absolute atomic E-state index is 0.138. The number of nitrogen functional groups attached to an aromatic ring is 1. The van der Waals surface area contributed by atoms with Crippen LogP contribution in [0.25, 0.3) is 33.7 Å². The van der Waals surface area contributed by atoms with Crippen LogP contribution in [0.15, 0.2) is 91.8 Å². The summed E-state index contributed by atoms with van der Waals surface area (Å²) < 4.78 is 13.5. The van der Waals surface area contributed by atoms with Crippen LogP contribution >= 0.6 is 23.2 Å². The van der Waals surface area contributed by atoms with Gasteiger partial charge >= 0.3 is 5.97 Å². The van der Waals surface area contributed by atoms with Gasteiger partial charge in [-0.05, 0) is 87.4 Å². The Morgan fingerprint density at radius 1 is 1.02 bits per heavy atom. The number of anilines is 2. The predicted octanol–water partition coefficient (Wildman–Crippen LogP) is 6.19. The third-order valence-corrected chi connectivity index (χ3v) is 16.8. The Morgan fingerprint density at radius 3 is 2.40 bits per heavy atom. The first-order valence-electron chi connectivity index (χ1n) is 26.1. The van der Waals surface area contributed by atoms with Gasteiger partial charge in [0.1, 0.15) is 46.9 Å². The van der Waals surface area contributed by atoms with E-state index >= 15 is 0 Å². The van der Waals surface area contributed by atoms with Crippen LogP contribution < -0.4 is 11.1 Å². The molecule has 80 heavy (non-hydrogen) atoms. The molecule has 10 rings (SSSR count). The van der Waals surface area contributed by atoms with Gasteiger partial charge in [0.05, 0.1) is 64.1 Å². The molecular weight excluding hydrogens is 1070 g/mol. The molecule has 424 valence electrons. The Kier molecular flexibility index (Phi) is 17.1. The highest BCUT2D eigenvalue weighted by Gasteiger charge is 2.81. The summed E-state index contributed by atoms with van der Waals surface area (Å²) in [6, 6.07) is 12.2. The lowest BCUT2D eigenvalue weighted by Gasteiger charge is -2.71. The fourth-order valence-corrected chi connectivity index (χ4v) is 12.8. The maximum absolute atomic E-state index is 13.6. The van der Waals surface area contributed by atoms with E-state index < -0.39 is 81.9 Å². The fourth-order valence-electron chi connectivity index (χ4n) is 12.3. The van der Waals surface area contributed by atoms with Gasteiger partial charge in [-0.25, -0.2) is 29.9 Å². The van der Waals surface area contributed by atoms with Crippen molar-refractivity contribution in [3.8, 4) is 28.7 Å². The second-order valence-corrected chi connectivity index (χ2v) is 22.9. The Morgan fingerprint density at radius 2 is 1.77 bits per heavy atom. The molecule has 11 atom stereocenters. The molecule has 0 amide bonds. The number of H-pyrrole nitrogens is 1. The van der Waals surface area contributed by atoms with E-state index in [0.29, 0.717) is 75.7 Å². The number of nitrogens with zero attached hydrogens (tertiary/aromatic N) is 8. The summed E-state index contributed by atoms with van der Waals surface area (Å²) in [5.41, 5.74) is 4.12. The van der Waals surface area contributed by atoms with Crippen LogP contribution in [0, 0.1) is 35.0 Å². The summed E-state index contributed by atoms with van der Waals surface area (Å²) in [4.78, 5) is 54.8. The van der Waals surface area contributed by atoms with Gasteiger partial charge in [0.25, 0.3) is 0 Å². The summed E-state index contributed by atoms with van der Waals surface area (Å²) in [5, 5.41) is 76.9. The van der Waals surface area contributed by atoms with E-state index in [4.69, 9.17) is 53.8 Å². The average molecular weight is 1140 g/mol. The molecule has 1 aliphatic heterocycles. The molecule has 23 heteroatoms. The highest BCUT2D eigenvalue weighted by molar-refractivity contribution is 6.36. The third kappa shape index (κ3) is 10.8. The largest absolute Gasteiger partial charge is 0.457 e. The van der Waals surface area contributed by atoms with Gasteiger partial charge in [0.15, 0.2) is 23.3 Å². The number of hydrogen-bond acceptors (Lipinski definition) is 19. The van der Waals surface area contributed by atoms with Crippen molar-refractivity contribution in [1.29, 1.82) is 5.26 Å². The average Bonchev–Trinajstić information content (AvgIpc) is 1.83. The standard InChI is InChI=1S/C23H19Cl2N7.C22H34O7.C12H14N4O3/c1-14-11-30-23(31-14)18-13-29-21(32-22(18)17-6-5-16(24)9-19(17)25)3-2-8-27-20-7-4-15(10-26)12-28-20;1-8-19(5)11-14(25)22(27)20(6)13(24)9-10-18(3,4)16(20)15(26)17(28-12(2)23)21(22,7)29-19;13-12-9-7(1-2-14-12)16(5-15-9)8-3-6(4-17)10(18)11(8)19/h4-7,9,11-13H,2-3,8H2,1H3,(H,27,28)(H,30,31);8,13,15-17,24,26-27H,1,9-11H2,2-7H3;1-3,5,8,10-11,17-19H,4H2,(H2,13,14)/t;13-,15-,16-,17-,19-,20-,21+,22-;8-,10?,11-/m.01/s1. The third-order valence-electron chi connectivity index (χ3n) is 16.2. The predicted molar refractivity (Wildman–Crippen MR) is 299 cm³/mol. The number of ether oxygens (including phenoxy) is 2. The highest BCUT2D eigenvalue weighted by atomic mass is 35.5. The minimum atomic E-state index is -2.18. The maximum Gasteiger partial charge on any atom is 0.303 e. The molecular formula is C57H67Cl2N11O10. The number of nitriles is 1. The first-order valence-corrected chi connectivity index (χ1v) is 26.8. The number of aromatic nitrogens is 8. The first kappa shape index (κ1) is 59.4. The molecule has 21 nitrogen and oxygen atoms in total. The molecule has 0 radical (unpaired) electrons. The number of benzene rings is 1. The number of carbonyl (C=O) groups is 2. The number of pyridine rings is 2. The van der Waals surface area contributed by atoms with Crippen LogP contribution in [0.2, 0.25) is 10.0 Å². The number of aryl methyl sites for hydroxylation is 2. The number of halogens is 2. The topological polar surface area (TPSA) is 334 Å². The van der Waals surface area contributed by atoms with Crippen LogP contribution in [-0.4, -0.2) is 142 Å². The normalized spacial score (nSPS) is 29.4. The van der Waals surface area contributed by atoms with Crippen molar-refractivity contribution in [3.05, 3.63) is 119 Å². The SMILES string of the molecule is C=C[C@@]1(C)CC(=O)[C@]2(O)[C@@]3(C)[C@@H](O)CCC(C)(C)[C@@H]3[C@H](O)[C@H](OC(C)=O)[C@@]2(C)O1.Cc1cnc(-c2cnc(CCCNc3ccc(C#N)cn3)nc2-c2ccc(Cl)cc2Cl)[nH]1.Nc1nccc2c1ncn2[C@@H]1C=C(CO)C(O)[C@@H]1O. The number of ketones is 1. The Bertz CT molecular complexity index is 3370. The van der Waals surface area contributed by atoms with Crippen molar-refractivity contribution in [2.45, 2.75) is 134 Å². The summed E-state index contributed by atoms with van der Waals surface area (Å²) in [5.74, 6) is 0.551. The number of aliphatic hydroxyl groups excluding tert-OH is 5. The zero-order chi connectivity index (χ0) is 58.3. The van der Waals surface area contributed by atoms with Gasteiger partial charge in [0, 0.05) is 78.7 Å². The fraction of sp³-hybridized carbons (Fsp3) is 0.456. The Labute approximate surface area is 472 Å². The van der Waals surface area contributed by atoms with E-state index in [-0.39, 0.29) is 13.0 Å². The molecule has 0 bridgehead atoms. The van der Waals surface area contributed by atoms with E-state index in [1.54, 1.807) is 85.9 Å². The van der Waals surface area contributed by atoms with Crippen LogP contribution in [0.3, 0.4) is 0 Å². The smallest absolute Gasteiger partial charge is 0.303 e. The number of carbonyl (C=O) groups excluding carboxylic acids is 2. The van der Waals surface area contributed by atoms with Crippen LogP contribution in [0.4, 0.5) is 11.6 Å². The van der Waals surface area contributed by atoms with Gasteiger partial charge in [-0.3, -0.25) is 9.59 Å². The van der Waals surface area contributed by atoms with Crippen molar-refractivity contribution in [2.24, 2.45) is 16.7 Å². The summed E-state index contributed by atoms with van der Waals surface area (Å²) in [6.07, 6.45) is 7.92. The van der Waals surface area contributed by atoms with Crippen molar-refractivity contribution in [3.63, 3.8) is 0 Å². The summed E-state index contributed by atoms with van der Waals surface area (Å²) in [6.45, 7) is 16.0. The monoisotopic (exact) mass is 1140 g/mol. The summed E-state index contributed by atoms with van der Waals surface area (Å²) >= 11 is 12.6. The molecule has 6 aromatic rings. The van der Waals surface area contributed by atoms with E-state index in [1.807, 2.05) is 26.8 Å². The lowest BCUT2D eigenvalue weighted by atomic mass is 9.40. The number of nitrogens with one attached hydrogen (secondary N) is 2. The highest BCUT2D eigenvalue weighted by Crippen LogP contribution is 2.67. The maximum atomic E-state index is 13.6. The zero-order valence-electron chi connectivity index (χ0n) is 45.4. The minimum Gasteiger partial charge on any atom is -0.457 e. The van der Waals surface area contributed by atoms with E-state index in [2.05, 4.69) is 47.9 Å². The molecule has 6 heterocycles. The Balaban J connectivity index is 0.000000163. The van der Waals surface area contributed by atoms with Crippen molar-refractivity contribution >= 4 is 57.6 Å². The van der Waals surface area contributed by atoms with Gasteiger partial charge in [0.2, 0.25) is 0 Å². The molecule has 1 saturated heterocycles. The number of imidazole rings is 2. The van der Waals surface area contributed by atoms with E-state index in [1.165, 1.54) is 19.9 Å². The molecule has 3 fully saturated rings. The van der Waals surface area contributed by atoms with Gasteiger partial charge in [-0.2, -0.15) is 5.26 Å². The van der Waals surface area contributed by atoms with Crippen LogP contribution in [0.5, 0.6) is 0 Å². The number of fused-ring (bicyclic) bond motifs is 4. The molecule has 10 N–H and O–H groups in total. The number of hydrogen-bond donors (Lipinski definition) is 9. The van der Waals surface area contributed by atoms with Crippen molar-refractivity contribution in [1.82, 2.24) is 39.5 Å². The molecule has 2 saturated carbocycles.